The van der Waals surface area contributed by atoms with Gasteiger partial charge in [0.2, 0.25) is 0 Å². The van der Waals surface area contributed by atoms with E-state index in [2.05, 4.69) is 9.47 Å². The monoisotopic (exact) mass is 224 g/mol. The Morgan fingerprint density at radius 1 is 1.00 bits per heavy atom. The molecular formula is C12H16O4. The van der Waals surface area contributed by atoms with E-state index in [4.69, 9.17) is 0 Å². The van der Waals surface area contributed by atoms with Gasteiger partial charge in [-0.1, -0.05) is 31.2 Å². The van der Waals surface area contributed by atoms with Crippen LogP contribution >= 0.6 is 0 Å². The molecule has 0 fully saturated rings. The fraction of sp³-hybridized carbons (Fsp3) is 0.333. The topological polar surface area (TPSA) is 52.6 Å². The maximum absolute atomic E-state index is 10.7. The minimum atomic E-state index is -0.537. The second-order valence-corrected chi connectivity index (χ2v) is 2.89. The van der Waals surface area contributed by atoms with Crippen molar-refractivity contribution in [3.63, 3.8) is 0 Å². The molecule has 0 spiro atoms. The van der Waals surface area contributed by atoms with Crippen LogP contribution in [0.15, 0.2) is 36.3 Å². The van der Waals surface area contributed by atoms with Crippen LogP contribution in [-0.4, -0.2) is 11.9 Å². The van der Waals surface area contributed by atoms with Crippen LogP contribution in [0.1, 0.15) is 27.2 Å². The van der Waals surface area contributed by atoms with Crippen molar-refractivity contribution in [3.05, 3.63) is 36.3 Å². The number of allylic oxidation sites excluding steroid dienone is 5. The van der Waals surface area contributed by atoms with Crippen molar-refractivity contribution in [2.24, 2.45) is 0 Å². The van der Waals surface area contributed by atoms with Gasteiger partial charge in [0.1, 0.15) is 0 Å². The average Bonchev–Trinajstić information content (AvgIpc) is 2.15. The minimum Gasteiger partial charge on any atom is -0.393 e. The first-order valence-corrected chi connectivity index (χ1v) is 4.96. The van der Waals surface area contributed by atoms with E-state index in [1.807, 2.05) is 19.1 Å². The lowest BCUT2D eigenvalue weighted by atomic mass is 10.4. The molecule has 0 aromatic carbocycles. The normalized spacial score (nSPS) is 10.4. The molecule has 0 rings (SSSR count). The lowest BCUT2D eigenvalue weighted by molar-refractivity contribution is -0.150. The van der Waals surface area contributed by atoms with E-state index in [0.29, 0.717) is 0 Å². The number of ether oxygens (including phenoxy) is 2. The van der Waals surface area contributed by atoms with Gasteiger partial charge in [0, 0.05) is 19.9 Å². The Hall–Kier alpha value is -1.84. The van der Waals surface area contributed by atoms with Crippen molar-refractivity contribution in [1.82, 2.24) is 0 Å². The summed E-state index contributed by atoms with van der Waals surface area (Å²) in [5.74, 6) is -1.20. The summed E-state index contributed by atoms with van der Waals surface area (Å²) < 4.78 is 9.34. The Bertz CT molecular complexity index is 306. The molecule has 0 saturated heterocycles. The van der Waals surface area contributed by atoms with Crippen LogP contribution in [0.4, 0.5) is 0 Å². The zero-order valence-electron chi connectivity index (χ0n) is 9.73. The Morgan fingerprint density at radius 2 is 1.56 bits per heavy atom. The van der Waals surface area contributed by atoms with Gasteiger partial charge in [-0.25, -0.2) is 0 Å². The quantitative estimate of drug-likeness (QED) is 0.409. The van der Waals surface area contributed by atoms with Gasteiger partial charge < -0.3 is 9.47 Å². The predicted octanol–water partition coefficient (Wildman–Crippen LogP) is 2.48. The highest BCUT2D eigenvalue weighted by molar-refractivity contribution is 5.70. The Morgan fingerprint density at radius 3 is 2.00 bits per heavy atom. The molecule has 0 amide bonds. The van der Waals surface area contributed by atoms with Gasteiger partial charge in [-0.05, 0) is 6.42 Å². The number of hydrogen-bond acceptors (Lipinski definition) is 4. The van der Waals surface area contributed by atoms with Crippen molar-refractivity contribution in [2.75, 3.05) is 0 Å². The molecule has 0 aromatic heterocycles. The van der Waals surface area contributed by atoms with Gasteiger partial charge in [0.25, 0.3) is 5.95 Å². The second-order valence-electron chi connectivity index (χ2n) is 2.89. The zero-order chi connectivity index (χ0) is 12.4. The van der Waals surface area contributed by atoms with E-state index in [9.17, 15) is 9.59 Å². The zero-order valence-corrected chi connectivity index (χ0v) is 9.73. The van der Waals surface area contributed by atoms with Gasteiger partial charge in [-0.3, -0.25) is 9.59 Å². The number of hydrogen-bond donors (Lipinski definition) is 0. The van der Waals surface area contributed by atoms with Crippen molar-refractivity contribution in [2.45, 2.75) is 27.2 Å². The average molecular weight is 224 g/mol. The summed E-state index contributed by atoms with van der Waals surface area (Å²) in [5.41, 5.74) is 0. The Balaban J connectivity index is 4.42. The molecule has 0 heterocycles. The van der Waals surface area contributed by atoms with Crippen LogP contribution in [0.25, 0.3) is 0 Å². The van der Waals surface area contributed by atoms with Gasteiger partial charge >= 0.3 is 11.9 Å². The molecule has 0 unspecified atom stereocenters. The summed E-state index contributed by atoms with van der Waals surface area (Å²) in [4.78, 5) is 21.4. The van der Waals surface area contributed by atoms with E-state index in [1.165, 1.54) is 19.9 Å². The third kappa shape index (κ3) is 8.74. The predicted molar refractivity (Wildman–Crippen MR) is 60.2 cm³/mol. The fourth-order valence-corrected chi connectivity index (χ4v) is 0.785. The number of carbonyl (C=O) groups is 2. The van der Waals surface area contributed by atoms with Crippen LogP contribution < -0.4 is 0 Å². The van der Waals surface area contributed by atoms with E-state index in [0.717, 1.165) is 6.42 Å². The highest BCUT2D eigenvalue weighted by Gasteiger charge is 2.04. The molecule has 0 aliphatic heterocycles. The lowest BCUT2D eigenvalue weighted by Gasteiger charge is -2.03. The first kappa shape index (κ1) is 14.2. The first-order valence-electron chi connectivity index (χ1n) is 4.96. The highest BCUT2D eigenvalue weighted by atomic mass is 16.7. The molecule has 16 heavy (non-hydrogen) atoms. The molecule has 4 heteroatoms. The summed E-state index contributed by atoms with van der Waals surface area (Å²) in [6, 6.07) is 0. The smallest absolute Gasteiger partial charge is 0.310 e. The van der Waals surface area contributed by atoms with Gasteiger partial charge in [-0.2, -0.15) is 0 Å². The van der Waals surface area contributed by atoms with Gasteiger partial charge in [0.15, 0.2) is 0 Å². The van der Waals surface area contributed by atoms with E-state index < -0.39 is 11.9 Å². The Labute approximate surface area is 95.2 Å². The first-order chi connectivity index (χ1) is 7.56. The molecule has 88 valence electrons. The van der Waals surface area contributed by atoms with Crippen LogP contribution in [-0.2, 0) is 19.1 Å². The highest BCUT2D eigenvalue weighted by Crippen LogP contribution is 2.01. The van der Waals surface area contributed by atoms with Crippen LogP contribution in [0.5, 0.6) is 0 Å². The molecule has 0 aliphatic rings. The van der Waals surface area contributed by atoms with Crippen molar-refractivity contribution < 1.29 is 19.1 Å². The summed E-state index contributed by atoms with van der Waals surface area (Å²) >= 11 is 0. The Kier molecular flexibility index (Phi) is 7.49. The SMILES string of the molecule is CC/C=C/C=C/C=C(OC(C)=O)OC(C)=O. The van der Waals surface area contributed by atoms with Gasteiger partial charge in [0.05, 0.1) is 0 Å². The molecule has 4 nitrogen and oxygen atoms in total. The van der Waals surface area contributed by atoms with Crippen molar-refractivity contribution in [1.29, 1.82) is 0 Å². The summed E-state index contributed by atoms with van der Waals surface area (Å²) in [6.07, 6.45) is 9.51. The van der Waals surface area contributed by atoms with Crippen LogP contribution in [0.2, 0.25) is 0 Å². The third-order valence-corrected chi connectivity index (χ3v) is 1.31. The molecule has 0 aliphatic carbocycles. The van der Waals surface area contributed by atoms with E-state index >= 15 is 0 Å². The summed E-state index contributed by atoms with van der Waals surface area (Å²) in [7, 11) is 0. The standard InChI is InChI=1S/C12H16O4/c1-4-5-6-7-8-9-12(15-10(2)13)16-11(3)14/h5-9H,4H2,1-3H3/b6-5+,8-7+. The van der Waals surface area contributed by atoms with E-state index in [1.54, 1.807) is 12.2 Å². The summed E-state index contributed by atoms with van der Waals surface area (Å²) in [6.45, 7) is 4.49. The molecule has 0 saturated carbocycles. The summed E-state index contributed by atoms with van der Waals surface area (Å²) in [5, 5.41) is 0. The molecule has 0 aromatic rings. The minimum absolute atomic E-state index is 0.124. The van der Waals surface area contributed by atoms with E-state index in [-0.39, 0.29) is 5.95 Å². The third-order valence-electron chi connectivity index (χ3n) is 1.31. The van der Waals surface area contributed by atoms with Gasteiger partial charge in [-0.15, -0.1) is 0 Å². The number of rotatable bonds is 5. The maximum atomic E-state index is 10.7. The molecule has 0 radical (unpaired) electrons. The van der Waals surface area contributed by atoms with Crippen molar-refractivity contribution >= 4 is 11.9 Å². The van der Waals surface area contributed by atoms with Crippen LogP contribution in [0, 0.1) is 0 Å². The lowest BCUT2D eigenvalue weighted by Crippen LogP contribution is -2.05. The molecular weight excluding hydrogens is 208 g/mol. The van der Waals surface area contributed by atoms with Crippen LogP contribution in [0.3, 0.4) is 0 Å². The largest absolute Gasteiger partial charge is 0.393 e. The maximum Gasteiger partial charge on any atom is 0.310 e. The molecule has 0 N–H and O–H groups in total. The molecule has 0 bridgehead atoms. The number of carbonyl (C=O) groups excluding carboxylic acids is 2. The number of esters is 2. The van der Waals surface area contributed by atoms with Crippen molar-refractivity contribution in [3.8, 4) is 0 Å². The fourth-order valence-electron chi connectivity index (χ4n) is 0.785. The second kappa shape index (κ2) is 8.47. The molecule has 0 atom stereocenters.